The summed E-state index contributed by atoms with van der Waals surface area (Å²) >= 11 is 12.3. The Labute approximate surface area is 262 Å². The van der Waals surface area contributed by atoms with Gasteiger partial charge in [0.15, 0.2) is 11.6 Å². The Kier molecular flexibility index (Phi) is 10.8. The van der Waals surface area contributed by atoms with E-state index in [0.29, 0.717) is 29.2 Å². The molecule has 8 heteroatoms. The predicted molar refractivity (Wildman–Crippen MR) is 170 cm³/mol. The summed E-state index contributed by atoms with van der Waals surface area (Å²) in [6.07, 6.45) is 4.85. The van der Waals surface area contributed by atoms with Crippen LogP contribution >= 0.6 is 23.2 Å². The van der Waals surface area contributed by atoms with Crippen molar-refractivity contribution in [3.05, 3.63) is 111 Å². The van der Waals surface area contributed by atoms with Crippen LogP contribution in [0.25, 0.3) is 5.52 Å². The number of fused-ring (bicyclic) bond motifs is 1. The fraction of sp³-hybridized carbons (Fsp3) is 0.343. The topological polar surface area (TPSA) is 74.1 Å². The van der Waals surface area contributed by atoms with Gasteiger partial charge < -0.3 is 13.9 Å². The minimum absolute atomic E-state index is 0.149. The van der Waals surface area contributed by atoms with Gasteiger partial charge in [0.25, 0.3) is 0 Å². The first-order valence-electron chi connectivity index (χ1n) is 14.5. The minimum atomic E-state index is -1.23. The van der Waals surface area contributed by atoms with Gasteiger partial charge in [-0.05, 0) is 81.1 Å². The molecule has 4 rings (SSSR count). The molecule has 0 aliphatic heterocycles. The summed E-state index contributed by atoms with van der Waals surface area (Å²) < 4.78 is 13.4. The molecule has 226 valence electrons. The van der Waals surface area contributed by atoms with Gasteiger partial charge in [0, 0.05) is 29.0 Å². The van der Waals surface area contributed by atoms with Crippen LogP contribution in [0.2, 0.25) is 10.0 Å². The summed E-state index contributed by atoms with van der Waals surface area (Å²) in [5, 5.41) is 0.579. The molecule has 0 amide bonds. The number of hydrogen-bond acceptors (Lipinski definition) is 5. The quantitative estimate of drug-likeness (QED) is 0.104. The molecule has 0 spiro atoms. The summed E-state index contributed by atoms with van der Waals surface area (Å²) in [6.45, 7) is 7.80. The van der Waals surface area contributed by atoms with Gasteiger partial charge in [0.2, 0.25) is 0 Å². The number of halogens is 2. The van der Waals surface area contributed by atoms with Crippen LogP contribution in [-0.2, 0) is 27.3 Å². The monoisotopic (exact) mass is 621 g/mol. The molecule has 0 bridgehead atoms. The number of Topliss-reactive ketones (excluding diaryl/α,β-unsaturated/α-hetero) is 2. The average molecular weight is 623 g/mol. The first-order valence-corrected chi connectivity index (χ1v) is 15.3. The molecule has 2 aromatic carbocycles. The highest BCUT2D eigenvalue weighted by Crippen LogP contribution is 2.33. The van der Waals surface area contributed by atoms with E-state index in [4.69, 9.17) is 32.7 Å². The molecule has 6 nitrogen and oxygen atoms in total. The highest BCUT2D eigenvalue weighted by molar-refractivity contribution is 6.42. The Morgan fingerprint density at radius 3 is 2.30 bits per heavy atom. The van der Waals surface area contributed by atoms with E-state index in [1.807, 2.05) is 73.1 Å². The minimum Gasteiger partial charge on any atom is -0.466 e. The van der Waals surface area contributed by atoms with Crippen LogP contribution in [0.3, 0.4) is 0 Å². The zero-order valence-electron chi connectivity index (χ0n) is 24.9. The Balaban J connectivity index is 1.63. The maximum absolute atomic E-state index is 14.1. The smallest absolute Gasteiger partial charge is 0.309 e. The van der Waals surface area contributed by atoms with Crippen molar-refractivity contribution in [2.24, 2.45) is 11.3 Å². The first kappa shape index (κ1) is 32.5. The number of esters is 1. The second kappa shape index (κ2) is 14.3. The van der Waals surface area contributed by atoms with Gasteiger partial charge in [-0.25, -0.2) is 0 Å². The lowest BCUT2D eigenvalue weighted by molar-refractivity contribution is -0.148. The molecule has 2 atom stereocenters. The fourth-order valence-electron chi connectivity index (χ4n) is 5.27. The molecule has 0 saturated carbocycles. The van der Waals surface area contributed by atoms with Gasteiger partial charge in [-0.15, -0.1) is 0 Å². The maximum Gasteiger partial charge on any atom is 0.309 e. The Hall–Kier alpha value is -3.45. The SMILES string of the molecule is CCCC(Cc1cc2cc(C(=O)C(C)(C)C(OCc3ccccc3)C(=O)c3ccc(Cl)c(Cl)c3)ccn2c1)C(=O)OCC. The molecule has 0 radical (unpaired) electrons. The highest BCUT2D eigenvalue weighted by atomic mass is 35.5. The Morgan fingerprint density at radius 1 is 0.884 bits per heavy atom. The summed E-state index contributed by atoms with van der Waals surface area (Å²) in [5.74, 6) is -1.01. The standard InChI is InChI=1S/C35H37Cl2NO5/c1-5-10-27(34(41)42-6-2)17-24-18-28-19-26(15-16-38(28)21-24)32(40)35(3,4)33(43-22-23-11-8-7-9-12-23)31(39)25-13-14-29(36)30(37)20-25/h7-9,11-16,18-21,27,33H,5-6,10,17,22H2,1-4H3. The second-order valence-electron chi connectivity index (χ2n) is 11.3. The van der Waals surface area contributed by atoms with Crippen LogP contribution in [-0.4, -0.2) is 34.6 Å². The summed E-state index contributed by atoms with van der Waals surface area (Å²) in [7, 11) is 0. The van der Waals surface area contributed by atoms with Gasteiger partial charge in [-0.3, -0.25) is 14.4 Å². The lowest BCUT2D eigenvalue weighted by Gasteiger charge is -2.32. The molecule has 4 aromatic rings. The normalized spacial score (nSPS) is 13.1. The molecule has 0 N–H and O–H groups in total. The third-order valence-electron chi connectivity index (χ3n) is 7.60. The highest BCUT2D eigenvalue weighted by Gasteiger charge is 2.43. The van der Waals surface area contributed by atoms with E-state index in [9.17, 15) is 14.4 Å². The molecule has 0 aliphatic rings. The van der Waals surface area contributed by atoms with Crippen molar-refractivity contribution < 1.29 is 23.9 Å². The molecule has 0 fully saturated rings. The van der Waals surface area contributed by atoms with Crippen molar-refractivity contribution in [1.82, 2.24) is 4.40 Å². The van der Waals surface area contributed by atoms with Crippen LogP contribution < -0.4 is 0 Å². The number of rotatable bonds is 14. The molecule has 0 saturated heterocycles. The Bertz CT molecular complexity index is 1590. The van der Waals surface area contributed by atoms with Crippen LogP contribution in [0.15, 0.2) is 79.1 Å². The predicted octanol–water partition coefficient (Wildman–Crippen LogP) is 8.45. The van der Waals surface area contributed by atoms with Gasteiger partial charge in [0.05, 0.1) is 34.6 Å². The van der Waals surface area contributed by atoms with Crippen molar-refractivity contribution in [3.63, 3.8) is 0 Å². The van der Waals surface area contributed by atoms with Crippen molar-refractivity contribution in [3.8, 4) is 0 Å². The zero-order valence-corrected chi connectivity index (χ0v) is 26.5. The number of carbonyl (C=O) groups is 3. The number of ketones is 2. The largest absolute Gasteiger partial charge is 0.466 e. The molecule has 2 heterocycles. The van der Waals surface area contributed by atoms with E-state index < -0.39 is 11.5 Å². The average Bonchev–Trinajstić information content (AvgIpc) is 3.40. The molecule has 2 unspecified atom stereocenters. The Morgan fingerprint density at radius 2 is 1.63 bits per heavy atom. The van der Waals surface area contributed by atoms with Crippen LogP contribution in [0.5, 0.6) is 0 Å². The van der Waals surface area contributed by atoms with E-state index in [2.05, 4.69) is 0 Å². The third-order valence-corrected chi connectivity index (χ3v) is 8.34. The van der Waals surface area contributed by atoms with Gasteiger partial charge >= 0.3 is 5.97 Å². The van der Waals surface area contributed by atoms with E-state index in [1.54, 1.807) is 32.0 Å². The lowest BCUT2D eigenvalue weighted by atomic mass is 9.76. The summed E-state index contributed by atoms with van der Waals surface area (Å²) in [5.41, 5.74) is 2.20. The lowest BCUT2D eigenvalue weighted by Crippen LogP contribution is -2.44. The zero-order chi connectivity index (χ0) is 31.1. The number of hydrogen-bond donors (Lipinski definition) is 0. The first-order chi connectivity index (χ1) is 20.5. The van der Waals surface area contributed by atoms with Crippen LogP contribution in [0, 0.1) is 11.3 Å². The number of pyridine rings is 1. The third kappa shape index (κ3) is 7.74. The van der Waals surface area contributed by atoms with Crippen molar-refractivity contribution in [2.45, 2.75) is 59.7 Å². The fourth-order valence-corrected chi connectivity index (χ4v) is 5.57. The van der Waals surface area contributed by atoms with Gasteiger partial charge in [0.1, 0.15) is 6.10 Å². The summed E-state index contributed by atoms with van der Waals surface area (Å²) in [6, 6.07) is 19.7. The van der Waals surface area contributed by atoms with Crippen molar-refractivity contribution >= 4 is 46.3 Å². The second-order valence-corrected chi connectivity index (χ2v) is 12.1. The van der Waals surface area contributed by atoms with Gasteiger partial charge in [-0.1, -0.05) is 66.9 Å². The van der Waals surface area contributed by atoms with Crippen molar-refractivity contribution in [2.75, 3.05) is 6.61 Å². The number of ether oxygens (including phenoxy) is 2. The number of carbonyl (C=O) groups excluding carboxylic acids is 3. The molecule has 0 aliphatic carbocycles. The number of aromatic nitrogens is 1. The van der Waals surface area contributed by atoms with E-state index in [-0.39, 0.29) is 35.1 Å². The van der Waals surface area contributed by atoms with Crippen LogP contribution in [0.4, 0.5) is 0 Å². The maximum atomic E-state index is 14.1. The van der Waals surface area contributed by atoms with Crippen LogP contribution in [0.1, 0.15) is 72.4 Å². The molecule has 2 aromatic heterocycles. The van der Waals surface area contributed by atoms with E-state index >= 15 is 0 Å². The summed E-state index contributed by atoms with van der Waals surface area (Å²) in [4.78, 5) is 40.4. The number of nitrogens with zero attached hydrogens (tertiary/aromatic N) is 1. The van der Waals surface area contributed by atoms with Gasteiger partial charge in [-0.2, -0.15) is 0 Å². The van der Waals surface area contributed by atoms with E-state index in [0.717, 1.165) is 29.5 Å². The van der Waals surface area contributed by atoms with Crippen molar-refractivity contribution in [1.29, 1.82) is 0 Å². The molecular formula is C35H37Cl2NO5. The number of benzene rings is 2. The van der Waals surface area contributed by atoms with E-state index in [1.165, 1.54) is 6.07 Å². The molecule has 43 heavy (non-hydrogen) atoms. The molecular weight excluding hydrogens is 585 g/mol.